The molecule has 0 aliphatic rings. The Labute approximate surface area is 116 Å². The summed E-state index contributed by atoms with van der Waals surface area (Å²) in [7, 11) is 0. The summed E-state index contributed by atoms with van der Waals surface area (Å²) in [5.74, 6) is 0.677. The van der Waals surface area contributed by atoms with Crippen molar-refractivity contribution in [1.29, 1.82) is 0 Å². The minimum Gasteiger partial charge on any atom is -0.490 e. The molecule has 1 heterocycles. The summed E-state index contributed by atoms with van der Waals surface area (Å²) in [6.45, 7) is 5.10. The number of ether oxygens (including phenoxy) is 1. The molecule has 0 N–H and O–H groups in total. The van der Waals surface area contributed by atoms with E-state index in [4.69, 9.17) is 27.9 Å². The lowest BCUT2D eigenvalue weighted by atomic mass is 10.1. The van der Waals surface area contributed by atoms with E-state index < -0.39 is 0 Å². The summed E-state index contributed by atoms with van der Waals surface area (Å²) in [5, 5.41) is 1.28. The fourth-order valence-corrected chi connectivity index (χ4v) is 2.09. The van der Waals surface area contributed by atoms with E-state index in [2.05, 4.69) is 4.98 Å². The van der Waals surface area contributed by atoms with E-state index in [0.29, 0.717) is 22.4 Å². The van der Waals surface area contributed by atoms with Crippen LogP contribution in [-0.2, 0) is 6.54 Å². The van der Waals surface area contributed by atoms with Crippen LogP contribution in [0.2, 0.25) is 10.0 Å². The van der Waals surface area contributed by atoms with Crippen LogP contribution in [0.1, 0.15) is 11.1 Å². The fraction of sp³-hybridized carbons (Fsp3) is 0.308. The molecular weight excluding hydrogens is 271 g/mol. The quantitative estimate of drug-likeness (QED) is 0.852. The second kappa shape index (κ2) is 5.63. The molecule has 0 saturated heterocycles. The number of aryl methyl sites for hydroxylation is 1. The monoisotopic (exact) mass is 284 g/mol. The lowest BCUT2D eigenvalue weighted by molar-refractivity contribution is 0.298. The molecule has 0 amide bonds. The van der Waals surface area contributed by atoms with Gasteiger partial charge in [-0.3, -0.25) is 0 Å². The van der Waals surface area contributed by atoms with Crippen LogP contribution in [0.5, 0.6) is 5.75 Å². The van der Waals surface area contributed by atoms with Crippen molar-refractivity contribution < 1.29 is 4.74 Å². The first-order valence-corrected chi connectivity index (χ1v) is 6.39. The third-order valence-electron chi connectivity index (χ3n) is 2.73. The summed E-state index contributed by atoms with van der Waals surface area (Å²) < 4.78 is 7.64. The Balaban J connectivity index is 2.05. The smallest absolute Gasteiger partial charge is 0.138 e. The van der Waals surface area contributed by atoms with Gasteiger partial charge in [0.15, 0.2) is 0 Å². The van der Waals surface area contributed by atoms with Crippen LogP contribution in [0.4, 0.5) is 0 Å². The van der Waals surface area contributed by atoms with Crippen LogP contribution in [0, 0.1) is 13.8 Å². The molecule has 0 atom stereocenters. The van der Waals surface area contributed by atoms with Gasteiger partial charge >= 0.3 is 0 Å². The predicted molar refractivity (Wildman–Crippen MR) is 73.7 cm³/mol. The standard InChI is InChI=1S/C13H14Cl2N2O/c1-9-7-11(13(15)10(2)12(9)14)18-6-5-17-4-3-16-8-17/h3-4,7-8H,5-6H2,1-2H3. The highest BCUT2D eigenvalue weighted by atomic mass is 35.5. The van der Waals surface area contributed by atoms with Crippen molar-refractivity contribution in [3.8, 4) is 5.75 Å². The minimum absolute atomic E-state index is 0.538. The lowest BCUT2D eigenvalue weighted by Gasteiger charge is -2.13. The number of aromatic nitrogens is 2. The molecule has 3 nitrogen and oxygen atoms in total. The van der Waals surface area contributed by atoms with Crippen molar-refractivity contribution in [1.82, 2.24) is 9.55 Å². The number of nitrogens with zero attached hydrogens (tertiary/aromatic N) is 2. The number of hydrogen-bond donors (Lipinski definition) is 0. The number of benzene rings is 1. The Bertz CT molecular complexity index is 538. The maximum atomic E-state index is 6.20. The second-order valence-corrected chi connectivity index (χ2v) is 4.85. The van der Waals surface area contributed by atoms with Gasteiger partial charge in [0.05, 0.1) is 17.9 Å². The highest BCUT2D eigenvalue weighted by molar-refractivity contribution is 6.37. The van der Waals surface area contributed by atoms with Gasteiger partial charge in [-0.2, -0.15) is 0 Å². The van der Waals surface area contributed by atoms with E-state index in [-0.39, 0.29) is 0 Å². The van der Waals surface area contributed by atoms with E-state index in [0.717, 1.165) is 17.7 Å². The molecule has 0 unspecified atom stereocenters. The minimum atomic E-state index is 0.538. The van der Waals surface area contributed by atoms with Crippen LogP contribution >= 0.6 is 23.2 Å². The van der Waals surface area contributed by atoms with Gasteiger partial charge in [0, 0.05) is 17.4 Å². The van der Waals surface area contributed by atoms with Crippen molar-refractivity contribution in [2.75, 3.05) is 6.61 Å². The molecule has 0 aliphatic carbocycles. The molecule has 1 aromatic heterocycles. The zero-order valence-electron chi connectivity index (χ0n) is 10.3. The third-order valence-corrected chi connectivity index (χ3v) is 3.79. The zero-order valence-corrected chi connectivity index (χ0v) is 11.8. The molecule has 18 heavy (non-hydrogen) atoms. The van der Waals surface area contributed by atoms with Gasteiger partial charge < -0.3 is 9.30 Å². The van der Waals surface area contributed by atoms with E-state index in [1.165, 1.54) is 0 Å². The first-order chi connectivity index (χ1) is 8.59. The normalized spacial score (nSPS) is 10.7. The number of rotatable bonds is 4. The Kier molecular flexibility index (Phi) is 4.15. The van der Waals surface area contributed by atoms with Gasteiger partial charge in [0.2, 0.25) is 0 Å². The molecule has 2 aromatic rings. The fourth-order valence-electron chi connectivity index (χ4n) is 1.69. The van der Waals surface area contributed by atoms with Crippen LogP contribution in [0.15, 0.2) is 24.8 Å². The second-order valence-electron chi connectivity index (χ2n) is 4.09. The summed E-state index contributed by atoms with van der Waals surface area (Å²) in [5.41, 5.74) is 1.83. The van der Waals surface area contributed by atoms with Gasteiger partial charge in [0.1, 0.15) is 12.4 Å². The molecule has 0 radical (unpaired) electrons. The van der Waals surface area contributed by atoms with Gasteiger partial charge in [-0.05, 0) is 31.0 Å². The Morgan fingerprint density at radius 2 is 2.06 bits per heavy atom. The predicted octanol–water partition coefficient (Wildman–Crippen LogP) is 3.89. The summed E-state index contributed by atoms with van der Waals surface area (Å²) in [4.78, 5) is 3.97. The largest absolute Gasteiger partial charge is 0.490 e. The summed E-state index contributed by atoms with van der Waals surface area (Å²) in [6, 6.07) is 1.87. The maximum Gasteiger partial charge on any atom is 0.138 e. The first-order valence-electron chi connectivity index (χ1n) is 5.63. The maximum absolute atomic E-state index is 6.20. The topological polar surface area (TPSA) is 27.1 Å². The SMILES string of the molecule is Cc1cc(OCCn2ccnc2)c(Cl)c(C)c1Cl. The molecule has 1 aromatic carbocycles. The van der Waals surface area contributed by atoms with Crippen LogP contribution in [0.3, 0.4) is 0 Å². The number of hydrogen-bond acceptors (Lipinski definition) is 2. The van der Waals surface area contributed by atoms with Gasteiger partial charge in [0.25, 0.3) is 0 Å². The molecule has 96 valence electrons. The Morgan fingerprint density at radius 3 is 2.72 bits per heavy atom. The molecule has 0 aliphatic heterocycles. The third kappa shape index (κ3) is 2.79. The van der Waals surface area contributed by atoms with Crippen LogP contribution in [0.25, 0.3) is 0 Å². The van der Waals surface area contributed by atoms with Crippen molar-refractivity contribution in [3.05, 3.63) is 46.0 Å². The molecule has 0 fully saturated rings. The van der Waals surface area contributed by atoms with E-state index >= 15 is 0 Å². The average molecular weight is 285 g/mol. The van der Waals surface area contributed by atoms with Crippen molar-refractivity contribution in [2.45, 2.75) is 20.4 Å². The zero-order chi connectivity index (χ0) is 13.1. The Hall–Kier alpha value is -1.19. The Morgan fingerprint density at radius 1 is 1.28 bits per heavy atom. The van der Waals surface area contributed by atoms with Crippen molar-refractivity contribution >= 4 is 23.2 Å². The number of imidazole rings is 1. The molecule has 2 rings (SSSR count). The van der Waals surface area contributed by atoms with Gasteiger partial charge in [-0.15, -0.1) is 0 Å². The van der Waals surface area contributed by atoms with Crippen LogP contribution < -0.4 is 4.74 Å². The summed E-state index contributed by atoms with van der Waals surface area (Å²) >= 11 is 12.3. The van der Waals surface area contributed by atoms with E-state index in [1.54, 1.807) is 12.5 Å². The van der Waals surface area contributed by atoms with Gasteiger partial charge in [-0.25, -0.2) is 4.98 Å². The van der Waals surface area contributed by atoms with E-state index in [9.17, 15) is 0 Å². The molecule has 5 heteroatoms. The van der Waals surface area contributed by atoms with Gasteiger partial charge in [-0.1, -0.05) is 23.2 Å². The summed E-state index contributed by atoms with van der Waals surface area (Å²) in [6.07, 6.45) is 5.39. The lowest BCUT2D eigenvalue weighted by Crippen LogP contribution is -2.07. The van der Waals surface area contributed by atoms with Crippen molar-refractivity contribution in [2.24, 2.45) is 0 Å². The van der Waals surface area contributed by atoms with Crippen LogP contribution in [-0.4, -0.2) is 16.2 Å². The highest BCUT2D eigenvalue weighted by Gasteiger charge is 2.11. The highest BCUT2D eigenvalue weighted by Crippen LogP contribution is 2.35. The molecular formula is C13H14Cl2N2O. The average Bonchev–Trinajstić information content (AvgIpc) is 2.86. The number of halogens is 2. The van der Waals surface area contributed by atoms with E-state index in [1.807, 2.05) is 30.7 Å². The molecule has 0 saturated carbocycles. The first kappa shape index (κ1) is 13.2. The van der Waals surface area contributed by atoms with Crippen molar-refractivity contribution in [3.63, 3.8) is 0 Å². The molecule has 0 bridgehead atoms. The molecule has 0 spiro atoms.